The summed E-state index contributed by atoms with van der Waals surface area (Å²) in [6, 6.07) is 8.94. The molecule has 0 amide bonds. The molecule has 3 nitrogen and oxygen atoms in total. The lowest BCUT2D eigenvalue weighted by molar-refractivity contribution is 0.0600. The molecule has 21 heavy (non-hydrogen) atoms. The number of hydrogen-bond acceptors (Lipinski definition) is 3. The van der Waals surface area contributed by atoms with Crippen LogP contribution >= 0.6 is 0 Å². The van der Waals surface area contributed by atoms with Crippen molar-refractivity contribution in [2.75, 3.05) is 12.4 Å². The Hall–Kier alpha value is -2.43. The van der Waals surface area contributed by atoms with Crippen molar-refractivity contribution in [3.63, 3.8) is 0 Å². The van der Waals surface area contributed by atoms with Gasteiger partial charge in [0.05, 0.1) is 12.7 Å². The molecule has 0 aromatic heterocycles. The van der Waals surface area contributed by atoms with Gasteiger partial charge in [-0.2, -0.15) is 0 Å². The van der Waals surface area contributed by atoms with E-state index >= 15 is 0 Å². The van der Waals surface area contributed by atoms with Crippen LogP contribution in [-0.4, -0.2) is 13.1 Å². The molecular weight excluding hydrogens is 276 g/mol. The fraction of sp³-hybridized carbons (Fsp3) is 0.188. The average molecular weight is 291 g/mol. The van der Waals surface area contributed by atoms with E-state index in [0.29, 0.717) is 17.7 Å². The van der Waals surface area contributed by atoms with Gasteiger partial charge in [0.2, 0.25) is 0 Å². The maximum atomic E-state index is 13.1. The SMILES string of the molecule is COC(=O)c1cccc(NCc2ccc(F)c(F)c2)c1C. The summed E-state index contributed by atoms with van der Waals surface area (Å²) in [4.78, 5) is 11.6. The number of hydrogen-bond donors (Lipinski definition) is 1. The molecule has 110 valence electrons. The number of rotatable bonds is 4. The highest BCUT2D eigenvalue weighted by atomic mass is 19.2. The number of carbonyl (C=O) groups excluding carboxylic acids is 1. The molecule has 0 aliphatic heterocycles. The minimum atomic E-state index is -0.880. The Morgan fingerprint density at radius 3 is 2.62 bits per heavy atom. The Bertz CT molecular complexity index is 671. The van der Waals surface area contributed by atoms with Crippen LogP contribution in [0, 0.1) is 18.6 Å². The molecule has 0 aliphatic carbocycles. The molecule has 0 spiro atoms. The molecular formula is C16H15F2NO2. The molecule has 2 aromatic rings. The summed E-state index contributed by atoms with van der Waals surface area (Å²) in [5, 5.41) is 3.10. The Morgan fingerprint density at radius 1 is 1.19 bits per heavy atom. The molecule has 0 bridgehead atoms. The van der Waals surface area contributed by atoms with E-state index in [1.54, 1.807) is 19.1 Å². The van der Waals surface area contributed by atoms with Crippen molar-refractivity contribution in [2.45, 2.75) is 13.5 Å². The normalized spacial score (nSPS) is 10.3. The molecule has 0 saturated heterocycles. The first-order valence-electron chi connectivity index (χ1n) is 6.38. The predicted molar refractivity (Wildman–Crippen MR) is 76.2 cm³/mol. The fourth-order valence-electron chi connectivity index (χ4n) is 2.01. The van der Waals surface area contributed by atoms with Gasteiger partial charge in [-0.3, -0.25) is 0 Å². The van der Waals surface area contributed by atoms with Crippen molar-refractivity contribution in [2.24, 2.45) is 0 Å². The zero-order valence-corrected chi connectivity index (χ0v) is 11.7. The second-order valence-corrected chi connectivity index (χ2v) is 4.57. The van der Waals surface area contributed by atoms with Crippen LogP contribution in [0.2, 0.25) is 0 Å². The number of ether oxygens (including phenoxy) is 1. The van der Waals surface area contributed by atoms with Crippen molar-refractivity contribution in [3.8, 4) is 0 Å². The van der Waals surface area contributed by atoms with E-state index in [0.717, 1.165) is 23.4 Å². The summed E-state index contributed by atoms with van der Waals surface area (Å²) in [5.41, 5.74) is 2.55. The maximum absolute atomic E-state index is 13.1. The summed E-state index contributed by atoms with van der Waals surface area (Å²) in [7, 11) is 1.32. The van der Waals surface area contributed by atoms with Crippen molar-refractivity contribution >= 4 is 11.7 Å². The number of nitrogens with one attached hydrogen (secondary N) is 1. The summed E-state index contributed by atoms with van der Waals surface area (Å²) in [6.45, 7) is 2.11. The third-order valence-electron chi connectivity index (χ3n) is 3.21. The molecule has 0 atom stereocenters. The van der Waals surface area contributed by atoms with Crippen LogP contribution in [-0.2, 0) is 11.3 Å². The highest BCUT2D eigenvalue weighted by Gasteiger charge is 2.11. The van der Waals surface area contributed by atoms with Gasteiger partial charge >= 0.3 is 5.97 Å². The van der Waals surface area contributed by atoms with Crippen molar-refractivity contribution in [3.05, 3.63) is 64.7 Å². The predicted octanol–water partition coefficient (Wildman–Crippen LogP) is 3.67. The van der Waals surface area contributed by atoms with E-state index in [9.17, 15) is 13.6 Å². The minimum Gasteiger partial charge on any atom is -0.465 e. The third-order valence-corrected chi connectivity index (χ3v) is 3.21. The Labute approximate surface area is 121 Å². The van der Waals surface area contributed by atoms with Crippen LogP contribution in [0.1, 0.15) is 21.5 Å². The molecule has 0 heterocycles. The first-order valence-corrected chi connectivity index (χ1v) is 6.38. The molecule has 0 aliphatic rings. The van der Waals surface area contributed by atoms with Gasteiger partial charge < -0.3 is 10.1 Å². The van der Waals surface area contributed by atoms with Crippen molar-refractivity contribution in [1.82, 2.24) is 0 Å². The van der Waals surface area contributed by atoms with Gasteiger partial charge in [-0.05, 0) is 42.3 Å². The minimum absolute atomic E-state index is 0.322. The van der Waals surface area contributed by atoms with Gasteiger partial charge in [-0.25, -0.2) is 13.6 Å². The smallest absolute Gasteiger partial charge is 0.338 e. The van der Waals surface area contributed by atoms with E-state index in [1.165, 1.54) is 13.2 Å². The molecule has 0 saturated carbocycles. The average Bonchev–Trinajstić information content (AvgIpc) is 2.49. The van der Waals surface area contributed by atoms with Crippen LogP contribution in [0.4, 0.5) is 14.5 Å². The highest BCUT2D eigenvalue weighted by Crippen LogP contribution is 2.20. The first-order chi connectivity index (χ1) is 10.0. The summed E-state index contributed by atoms with van der Waals surface area (Å²) in [5.74, 6) is -2.17. The molecule has 5 heteroatoms. The van der Waals surface area contributed by atoms with Crippen molar-refractivity contribution in [1.29, 1.82) is 0 Å². The number of halogens is 2. The van der Waals surface area contributed by atoms with Gasteiger partial charge in [-0.1, -0.05) is 12.1 Å². The zero-order chi connectivity index (χ0) is 15.4. The largest absolute Gasteiger partial charge is 0.465 e. The third kappa shape index (κ3) is 3.37. The van der Waals surface area contributed by atoms with Gasteiger partial charge in [0.1, 0.15) is 0 Å². The summed E-state index contributed by atoms with van der Waals surface area (Å²) >= 11 is 0. The number of benzene rings is 2. The van der Waals surface area contributed by atoms with Crippen LogP contribution in [0.15, 0.2) is 36.4 Å². The van der Waals surface area contributed by atoms with Crippen LogP contribution in [0.25, 0.3) is 0 Å². The van der Waals surface area contributed by atoms with Gasteiger partial charge in [0.25, 0.3) is 0 Å². The quantitative estimate of drug-likeness (QED) is 0.873. The standard InChI is InChI=1S/C16H15F2NO2/c1-10-12(16(20)21-2)4-3-5-15(10)19-9-11-6-7-13(17)14(18)8-11/h3-8,19H,9H2,1-2H3. The molecule has 0 fully saturated rings. The van der Waals surface area contributed by atoms with Gasteiger partial charge in [0.15, 0.2) is 11.6 Å². The lowest BCUT2D eigenvalue weighted by Gasteiger charge is -2.12. The monoisotopic (exact) mass is 291 g/mol. The zero-order valence-electron chi connectivity index (χ0n) is 11.7. The highest BCUT2D eigenvalue weighted by molar-refractivity contribution is 5.92. The molecule has 1 N–H and O–H groups in total. The Balaban J connectivity index is 2.16. The van der Waals surface area contributed by atoms with Crippen molar-refractivity contribution < 1.29 is 18.3 Å². The first kappa shape index (κ1) is 15.0. The fourth-order valence-corrected chi connectivity index (χ4v) is 2.01. The topological polar surface area (TPSA) is 38.3 Å². The molecule has 0 unspecified atom stereocenters. The molecule has 2 aromatic carbocycles. The van der Waals surface area contributed by atoms with E-state index in [1.807, 2.05) is 6.07 Å². The number of methoxy groups -OCH3 is 1. The van der Waals surface area contributed by atoms with Gasteiger partial charge in [0, 0.05) is 12.2 Å². The Morgan fingerprint density at radius 2 is 1.95 bits per heavy atom. The lowest BCUT2D eigenvalue weighted by atomic mass is 10.1. The van der Waals surface area contributed by atoms with E-state index in [2.05, 4.69) is 5.32 Å². The second-order valence-electron chi connectivity index (χ2n) is 4.57. The number of carbonyl (C=O) groups is 1. The van der Waals surface area contributed by atoms with E-state index in [4.69, 9.17) is 4.74 Å². The van der Waals surface area contributed by atoms with Gasteiger partial charge in [-0.15, -0.1) is 0 Å². The van der Waals surface area contributed by atoms with Crippen LogP contribution in [0.5, 0.6) is 0 Å². The summed E-state index contributed by atoms with van der Waals surface area (Å²) in [6.07, 6.45) is 0. The van der Waals surface area contributed by atoms with E-state index in [-0.39, 0.29) is 0 Å². The summed E-state index contributed by atoms with van der Waals surface area (Å²) < 4.78 is 30.7. The van der Waals surface area contributed by atoms with Crippen LogP contribution in [0.3, 0.4) is 0 Å². The maximum Gasteiger partial charge on any atom is 0.338 e. The number of esters is 1. The molecule has 0 radical (unpaired) electrons. The Kier molecular flexibility index (Phi) is 4.52. The lowest BCUT2D eigenvalue weighted by Crippen LogP contribution is -2.07. The second kappa shape index (κ2) is 6.35. The molecule has 2 rings (SSSR count). The van der Waals surface area contributed by atoms with E-state index < -0.39 is 17.6 Å². The number of anilines is 1. The van der Waals surface area contributed by atoms with Crippen LogP contribution < -0.4 is 5.32 Å².